The Labute approximate surface area is 158 Å². The number of rotatable bonds is 7. The molecule has 0 amide bonds. The van der Waals surface area contributed by atoms with Crippen LogP contribution >= 0.6 is 11.6 Å². The van der Waals surface area contributed by atoms with Gasteiger partial charge >= 0.3 is 17.8 Å². The van der Waals surface area contributed by atoms with Crippen LogP contribution in [0.25, 0.3) is 0 Å². The lowest BCUT2D eigenvalue weighted by Gasteiger charge is -2.22. The summed E-state index contributed by atoms with van der Waals surface area (Å²) in [7, 11) is -1.71. The highest BCUT2D eigenvalue weighted by Crippen LogP contribution is 2.33. The molecular weight excluding hydrogens is 410 g/mol. The molecule has 0 N–H and O–H groups in total. The van der Waals surface area contributed by atoms with Crippen LogP contribution in [0.1, 0.15) is 16.2 Å². The number of para-hydroxylation sites is 1. The van der Waals surface area contributed by atoms with Gasteiger partial charge in [0.2, 0.25) is 11.6 Å². The molecule has 146 valence electrons. The van der Waals surface area contributed by atoms with E-state index in [1.165, 1.54) is 32.4 Å². The van der Waals surface area contributed by atoms with Crippen molar-refractivity contribution < 1.29 is 31.5 Å². The molecular formula is C14H13ClF2N4O5S. The van der Waals surface area contributed by atoms with Crippen LogP contribution in [0.3, 0.4) is 0 Å². The summed E-state index contributed by atoms with van der Waals surface area (Å²) in [6.45, 7) is 0. The van der Waals surface area contributed by atoms with Crippen LogP contribution in [0.5, 0.6) is 12.0 Å². The van der Waals surface area contributed by atoms with Gasteiger partial charge in [0.25, 0.3) is 10.0 Å². The SMILES string of the molecule is COc1nc(OC)nc(C(=O)c2cccc(Cl)c2N(C)S(=O)(=O)C(F)F)n1. The minimum atomic E-state index is -5.06. The van der Waals surface area contributed by atoms with Crippen molar-refractivity contribution in [3.05, 3.63) is 34.6 Å². The van der Waals surface area contributed by atoms with E-state index in [2.05, 4.69) is 15.0 Å². The molecule has 0 fully saturated rings. The van der Waals surface area contributed by atoms with Gasteiger partial charge in [0, 0.05) is 7.05 Å². The van der Waals surface area contributed by atoms with Gasteiger partial charge in [-0.25, -0.2) is 8.42 Å². The van der Waals surface area contributed by atoms with Crippen LogP contribution in [0.4, 0.5) is 14.5 Å². The molecule has 13 heteroatoms. The Balaban J connectivity index is 2.64. The molecule has 0 aliphatic heterocycles. The number of methoxy groups -OCH3 is 2. The van der Waals surface area contributed by atoms with Gasteiger partial charge < -0.3 is 9.47 Å². The van der Waals surface area contributed by atoms with Gasteiger partial charge in [0.15, 0.2) is 0 Å². The molecule has 1 aromatic carbocycles. The van der Waals surface area contributed by atoms with Crippen molar-refractivity contribution in [2.75, 3.05) is 25.6 Å². The summed E-state index contributed by atoms with van der Waals surface area (Å²) < 4.78 is 59.4. The van der Waals surface area contributed by atoms with E-state index in [1.807, 2.05) is 0 Å². The average molecular weight is 423 g/mol. The second-order valence-electron chi connectivity index (χ2n) is 4.87. The van der Waals surface area contributed by atoms with Crippen molar-refractivity contribution in [2.24, 2.45) is 0 Å². The molecule has 27 heavy (non-hydrogen) atoms. The van der Waals surface area contributed by atoms with E-state index >= 15 is 0 Å². The summed E-state index contributed by atoms with van der Waals surface area (Å²) in [4.78, 5) is 24.1. The van der Waals surface area contributed by atoms with E-state index in [0.717, 1.165) is 7.05 Å². The van der Waals surface area contributed by atoms with Crippen molar-refractivity contribution in [1.29, 1.82) is 0 Å². The van der Waals surface area contributed by atoms with Crippen molar-refractivity contribution in [3.8, 4) is 12.0 Å². The molecule has 9 nitrogen and oxygen atoms in total. The highest BCUT2D eigenvalue weighted by molar-refractivity contribution is 7.93. The van der Waals surface area contributed by atoms with Crippen LogP contribution in [-0.4, -0.2) is 56.2 Å². The summed E-state index contributed by atoms with van der Waals surface area (Å²) in [5.74, 6) is -5.06. The molecule has 0 spiro atoms. The van der Waals surface area contributed by atoms with Crippen LogP contribution in [0.2, 0.25) is 5.02 Å². The number of anilines is 1. The Bertz CT molecular complexity index is 952. The lowest BCUT2D eigenvalue weighted by atomic mass is 10.1. The Morgan fingerprint density at radius 1 is 1.15 bits per heavy atom. The fourth-order valence-electron chi connectivity index (χ4n) is 2.01. The molecule has 0 saturated carbocycles. The lowest BCUT2D eigenvalue weighted by Crippen LogP contribution is -2.33. The third-order valence-corrected chi connectivity index (χ3v) is 5.02. The van der Waals surface area contributed by atoms with E-state index in [9.17, 15) is 22.0 Å². The summed E-state index contributed by atoms with van der Waals surface area (Å²) in [6.07, 6.45) is 0. The maximum Gasteiger partial charge on any atom is 0.355 e. The number of hydrogen-bond donors (Lipinski definition) is 0. The number of ether oxygens (including phenoxy) is 2. The van der Waals surface area contributed by atoms with Crippen LogP contribution in [0.15, 0.2) is 18.2 Å². The minimum absolute atomic E-state index is 0.234. The summed E-state index contributed by atoms with van der Waals surface area (Å²) >= 11 is 5.98. The number of carbonyl (C=O) groups excluding carboxylic acids is 1. The summed E-state index contributed by atoms with van der Waals surface area (Å²) in [6, 6.07) is 3.32. The number of ketones is 1. The smallest absolute Gasteiger partial charge is 0.355 e. The van der Waals surface area contributed by atoms with Crippen LogP contribution in [-0.2, 0) is 10.0 Å². The van der Waals surface area contributed by atoms with Crippen LogP contribution in [0, 0.1) is 0 Å². The number of aromatic nitrogens is 3. The number of nitrogens with zero attached hydrogens (tertiary/aromatic N) is 4. The summed E-state index contributed by atoms with van der Waals surface area (Å²) in [5.41, 5.74) is -0.757. The predicted molar refractivity (Wildman–Crippen MR) is 91.1 cm³/mol. The monoisotopic (exact) mass is 422 g/mol. The zero-order valence-corrected chi connectivity index (χ0v) is 15.8. The summed E-state index contributed by atoms with van der Waals surface area (Å²) in [5, 5.41) is -0.236. The quantitative estimate of drug-likeness (QED) is 0.620. The largest absolute Gasteiger partial charge is 0.467 e. The van der Waals surface area contributed by atoms with E-state index < -0.39 is 33.1 Å². The van der Waals surface area contributed by atoms with Crippen molar-refractivity contribution in [2.45, 2.75) is 5.76 Å². The zero-order valence-electron chi connectivity index (χ0n) is 14.2. The van der Waals surface area contributed by atoms with Crippen molar-refractivity contribution >= 4 is 33.1 Å². The van der Waals surface area contributed by atoms with E-state index in [-0.39, 0.29) is 26.9 Å². The Kier molecular flexibility index (Phi) is 6.11. The molecule has 0 aliphatic rings. The Hall–Kier alpha value is -2.60. The fourth-order valence-corrected chi connectivity index (χ4v) is 3.05. The Morgan fingerprint density at radius 2 is 1.70 bits per heavy atom. The molecule has 0 atom stereocenters. The van der Waals surface area contributed by atoms with Gasteiger partial charge in [-0.3, -0.25) is 9.10 Å². The normalized spacial score (nSPS) is 11.4. The van der Waals surface area contributed by atoms with Gasteiger partial charge in [0.1, 0.15) is 0 Å². The molecule has 1 heterocycles. The first-order valence-electron chi connectivity index (χ1n) is 7.06. The molecule has 2 rings (SSSR count). The highest BCUT2D eigenvalue weighted by atomic mass is 35.5. The van der Waals surface area contributed by atoms with Crippen molar-refractivity contribution in [3.63, 3.8) is 0 Å². The van der Waals surface area contributed by atoms with Crippen molar-refractivity contribution in [1.82, 2.24) is 15.0 Å². The molecule has 0 aliphatic carbocycles. The number of hydrogen-bond acceptors (Lipinski definition) is 8. The van der Waals surface area contributed by atoms with Crippen LogP contribution < -0.4 is 13.8 Å². The van der Waals surface area contributed by atoms with Gasteiger partial charge in [-0.15, -0.1) is 4.98 Å². The molecule has 0 radical (unpaired) electrons. The third kappa shape index (κ3) is 4.06. The third-order valence-electron chi connectivity index (χ3n) is 3.32. The van der Waals surface area contributed by atoms with Gasteiger partial charge in [-0.1, -0.05) is 17.7 Å². The predicted octanol–water partition coefficient (Wildman–Crippen LogP) is 1.76. The maximum absolute atomic E-state index is 12.9. The molecule has 0 saturated heterocycles. The minimum Gasteiger partial charge on any atom is -0.467 e. The average Bonchev–Trinajstić information content (AvgIpc) is 2.65. The topological polar surface area (TPSA) is 112 Å². The van der Waals surface area contributed by atoms with Gasteiger partial charge in [-0.2, -0.15) is 18.7 Å². The highest BCUT2D eigenvalue weighted by Gasteiger charge is 2.33. The fraction of sp³-hybridized carbons (Fsp3) is 0.286. The molecule has 2 aromatic rings. The number of halogens is 3. The zero-order chi connectivity index (χ0) is 20.4. The molecule has 0 unspecified atom stereocenters. The van der Waals surface area contributed by atoms with Gasteiger partial charge in [0.05, 0.1) is 30.5 Å². The second kappa shape index (κ2) is 7.96. The first kappa shape index (κ1) is 20.7. The molecule has 1 aromatic heterocycles. The number of benzene rings is 1. The first-order valence-corrected chi connectivity index (χ1v) is 8.94. The second-order valence-corrected chi connectivity index (χ2v) is 7.21. The van der Waals surface area contributed by atoms with E-state index in [0.29, 0.717) is 0 Å². The van der Waals surface area contributed by atoms with E-state index in [1.54, 1.807) is 0 Å². The van der Waals surface area contributed by atoms with E-state index in [4.69, 9.17) is 21.1 Å². The number of carbonyl (C=O) groups is 1. The van der Waals surface area contributed by atoms with Gasteiger partial charge in [-0.05, 0) is 12.1 Å². The Morgan fingerprint density at radius 3 is 2.19 bits per heavy atom. The maximum atomic E-state index is 12.9. The standard InChI is InChI=1S/C14H13ClF2N4O5S/c1-21(27(23,24)12(16)17)9-7(5-4-6-8(9)15)10(22)11-18-13(25-2)20-14(19-11)26-3/h4-6,12H,1-3H3. The lowest BCUT2D eigenvalue weighted by molar-refractivity contribution is 0.102. The first-order chi connectivity index (χ1) is 12.6. The number of alkyl halides is 2. The number of sulfonamides is 1. The molecule has 0 bridgehead atoms.